The summed E-state index contributed by atoms with van der Waals surface area (Å²) in [7, 11) is 3.41. The number of likely N-dealkylation sites (N-methyl/N-ethyl adjacent to an activating group) is 1. The van der Waals surface area contributed by atoms with Gasteiger partial charge in [0.2, 0.25) is 5.91 Å². The first-order valence-electron chi connectivity index (χ1n) is 10.4. The van der Waals surface area contributed by atoms with E-state index in [4.69, 9.17) is 9.47 Å². The summed E-state index contributed by atoms with van der Waals surface area (Å²) in [4.78, 5) is 20.1. The molecule has 0 bridgehead atoms. The van der Waals surface area contributed by atoms with Crippen molar-refractivity contribution in [1.82, 2.24) is 20.4 Å². The average molecular weight is 424 g/mol. The minimum absolute atomic E-state index is 0.0604. The molecule has 0 radical (unpaired) electrons. The third-order valence-electron chi connectivity index (χ3n) is 4.61. The summed E-state index contributed by atoms with van der Waals surface area (Å²) in [5.74, 6) is 0.624. The number of nitrogens with one attached hydrogen (secondary N) is 2. The van der Waals surface area contributed by atoms with Crippen LogP contribution >= 0.6 is 0 Å². The van der Waals surface area contributed by atoms with Crippen LogP contribution in [0.1, 0.15) is 13.3 Å². The van der Waals surface area contributed by atoms with Crippen LogP contribution in [0.5, 0.6) is 5.75 Å². The zero-order chi connectivity index (χ0) is 21.8. The fourth-order valence-corrected chi connectivity index (χ4v) is 2.85. The predicted molar refractivity (Wildman–Crippen MR) is 115 cm³/mol. The van der Waals surface area contributed by atoms with Crippen molar-refractivity contribution < 1.29 is 18.7 Å². The fourth-order valence-electron chi connectivity index (χ4n) is 2.85. The van der Waals surface area contributed by atoms with Crippen molar-refractivity contribution in [2.75, 3.05) is 66.6 Å². The van der Waals surface area contributed by atoms with E-state index in [1.807, 2.05) is 6.92 Å². The highest BCUT2D eigenvalue weighted by Gasteiger charge is 2.11. The number of aliphatic imine (C=N–C) groups is 1. The molecule has 1 aromatic carbocycles. The summed E-state index contributed by atoms with van der Waals surface area (Å²) in [6.45, 7) is 7.63. The van der Waals surface area contributed by atoms with Gasteiger partial charge in [-0.2, -0.15) is 0 Å². The van der Waals surface area contributed by atoms with E-state index in [9.17, 15) is 9.18 Å². The molecule has 9 heteroatoms. The van der Waals surface area contributed by atoms with Gasteiger partial charge in [-0.1, -0.05) is 6.07 Å². The van der Waals surface area contributed by atoms with Gasteiger partial charge in [-0.05, 0) is 32.0 Å². The summed E-state index contributed by atoms with van der Waals surface area (Å²) >= 11 is 0. The number of amides is 1. The lowest BCUT2D eigenvalue weighted by Gasteiger charge is -2.26. The molecule has 0 aromatic heterocycles. The van der Waals surface area contributed by atoms with Gasteiger partial charge < -0.3 is 25.0 Å². The Morgan fingerprint density at radius 1 is 1.33 bits per heavy atom. The van der Waals surface area contributed by atoms with Gasteiger partial charge >= 0.3 is 0 Å². The number of hydrogen-bond acceptors (Lipinski definition) is 5. The van der Waals surface area contributed by atoms with Gasteiger partial charge in [-0.25, -0.2) is 9.38 Å². The smallest absolute Gasteiger partial charge is 0.243 e. The molecular formula is C21H34FN5O3. The number of ether oxygens (including phenoxy) is 2. The second-order valence-corrected chi connectivity index (χ2v) is 7.45. The molecule has 1 aliphatic heterocycles. The van der Waals surface area contributed by atoms with Crippen molar-refractivity contribution in [2.45, 2.75) is 19.4 Å². The lowest BCUT2D eigenvalue weighted by Crippen LogP contribution is -2.44. The predicted octanol–water partition coefficient (Wildman–Crippen LogP) is 0.939. The lowest BCUT2D eigenvalue weighted by atomic mass is 10.3. The van der Waals surface area contributed by atoms with Gasteiger partial charge in [-0.15, -0.1) is 0 Å². The molecule has 0 aliphatic carbocycles. The molecule has 2 rings (SSSR count). The first-order chi connectivity index (χ1) is 14.4. The van der Waals surface area contributed by atoms with Crippen molar-refractivity contribution in [3.63, 3.8) is 0 Å². The van der Waals surface area contributed by atoms with E-state index in [-0.39, 0.29) is 24.4 Å². The molecule has 1 atom stereocenters. The fraction of sp³-hybridized carbons (Fsp3) is 0.619. The van der Waals surface area contributed by atoms with E-state index in [1.54, 1.807) is 26.2 Å². The third kappa shape index (κ3) is 9.41. The number of nitrogens with zero attached hydrogens (tertiary/aromatic N) is 3. The van der Waals surface area contributed by atoms with Crippen molar-refractivity contribution >= 4 is 11.9 Å². The Kier molecular flexibility index (Phi) is 10.4. The number of rotatable bonds is 10. The molecular weight excluding hydrogens is 389 g/mol. The van der Waals surface area contributed by atoms with Crippen LogP contribution in [0.3, 0.4) is 0 Å². The maximum absolute atomic E-state index is 13.3. The number of benzene rings is 1. The Bertz CT molecular complexity index is 680. The van der Waals surface area contributed by atoms with Crippen LogP contribution < -0.4 is 15.4 Å². The lowest BCUT2D eigenvalue weighted by molar-refractivity contribution is -0.127. The summed E-state index contributed by atoms with van der Waals surface area (Å²) in [5.41, 5.74) is 0. The molecule has 168 valence electrons. The summed E-state index contributed by atoms with van der Waals surface area (Å²) in [6.07, 6.45) is 0.745. The van der Waals surface area contributed by atoms with Crippen LogP contribution in [0.4, 0.5) is 4.39 Å². The molecule has 30 heavy (non-hydrogen) atoms. The third-order valence-corrected chi connectivity index (χ3v) is 4.61. The topological polar surface area (TPSA) is 78.4 Å². The number of guanidine groups is 1. The highest BCUT2D eigenvalue weighted by molar-refractivity contribution is 5.84. The molecule has 1 aliphatic rings. The van der Waals surface area contributed by atoms with Crippen molar-refractivity contribution in [2.24, 2.45) is 4.99 Å². The van der Waals surface area contributed by atoms with E-state index in [0.29, 0.717) is 18.3 Å². The number of carbonyl (C=O) groups excluding carboxylic acids is 1. The van der Waals surface area contributed by atoms with Crippen LogP contribution in [0.25, 0.3) is 0 Å². The minimum atomic E-state index is -0.334. The van der Waals surface area contributed by atoms with Gasteiger partial charge in [0.1, 0.15) is 24.2 Å². The first-order valence-corrected chi connectivity index (χ1v) is 10.4. The van der Waals surface area contributed by atoms with E-state index in [1.165, 1.54) is 17.0 Å². The summed E-state index contributed by atoms with van der Waals surface area (Å²) in [5, 5.41) is 6.48. The van der Waals surface area contributed by atoms with Crippen LogP contribution in [0.15, 0.2) is 29.3 Å². The standard InChI is InChI=1S/C21H34FN5O3/c1-17(30-19-7-4-6-18(22)14-19)15-24-21(25-16-20(28)26(2)3)23-8-5-9-27-10-12-29-13-11-27/h4,6-7,14,17H,5,8-13,15-16H2,1-3H3,(H2,23,24,25). The van der Waals surface area contributed by atoms with Crippen LogP contribution in [0.2, 0.25) is 0 Å². The molecule has 1 amide bonds. The van der Waals surface area contributed by atoms with E-state index < -0.39 is 0 Å². The normalized spacial score (nSPS) is 16.1. The number of hydrogen-bond donors (Lipinski definition) is 2. The molecule has 8 nitrogen and oxygen atoms in total. The Labute approximate surface area is 178 Å². The van der Waals surface area contributed by atoms with E-state index in [2.05, 4.69) is 20.5 Å². The molecule has 1 fully saturated rings. The van der Waals surface area contributed by atoms with Gasteiger partial charge in [-0.3, -0.25) is 9.69 Å². The van der Waals surface area contributed by atoms with Gasteiger partial charge in [0.15, 0.2) is 5.96 Å². The maximum Gasteiger partial charge on any atom is 0.243 e. The van der Waals surface area contributed by atoms with E-state index >= 15 is 0 Å². The Balaban J connectivity index is 1.80. The molecule has 1 aromatic rings. The van der Waals surface area contributed by atoms with Crippen LogP contribution in [0, 0.1) is 5.82 Å². The quantitative estimate of drug-likeness (QED) is 0.331. The Morgan fingerprint density at radius 2 is 2.10 bits per heavy atom. The van der Waals surface area contributed by atoms with Gasteiger partial charge in [0.05, 0.1) is 19.8 Å². The molecule has 1 heterocycles. The van der Waals surface area contributed by atoms with E-state index in [0.717, 1.165) is 45.8 Å². The molecule has 1 saturated heterocycles. The summed E-state index contributed by atoms with van der Waals surface area (Å²) in [6, 6.07) is 6.06. The number of halogens is 1. The van der Waals surface area contributed by atoms with Crippen molar-refractivity contribution in [3.8, 4) is 5.75 Å². The Hall–Kier alpha value is -2.39. The highest BCUT2D eigenvalue weighted by Crippen LogP contribution is 2.13. The molecule has 0 saturated carbocycles. The summed E-state index contributed by atoms with van der Waals surface area (Å²) < 4.78 is 24.4. The molecule has 2 N–H and O–H groups in total. The average Bonchev–Trinajstić information content (AvgIpc) is 2.73. The van der Waals surface area contributed by atoms with Gasteiger partial charge in [0.25, 0.3) is 0 Å². The van der Waals surface area contributed by atoms with Gasteiger partial charge in [0, 0.05) is 39.8 Å². The first kappa shape index (κ1) is 23.9. The highest BCUT2D eigenvalue weighted by atomic mass is 19.1. The second kappa shape index (κ2) is 13.0. The van der Waals surface area contributed by atoms with Crippen LogP contribution in [-0.2, 0) is 9.53 Å². The van der Waals surface area contributed by atoms with Crippen molar-refractivity contribution in [3.05, 3.63) is 30.1 Å². The largest absolute Gasteiger partial charge is 0.489 e. The number of carbonyl (C=O) groups is 1. The number of morpholine rings is 1. The van der Waals surface area contributed by atoms with Crippen LogP contribution in [-0.4, -0.2) is 94.3 Å². The monoisotopic (exact) mass is 423 g/mol. The minimum Gasteiger partial charge on any atom is -0.489 e. The zero-order valence-corrected chi connectivity index (χ0v) is 18.2. The molecule has 0 spiro atoms. The second-order valence-electron chi connectivity index (χ2n) is 7.45. The SMILES string of the molecule is CC(CNC(=NCC(=O)N(C)C)NCCCN1CCOCC1)Oc1cccc(F)c1. The maximum atomic E-state index is 13.3. The molecule has 1 unspecified atom stereocenters. The van der Waals surface area contributed by atoms with Crippen molar-refractivity contribution in [1.29, 1.82) is 0 Å². The zero-order valence-electron chi connectivity index (χ0n) is 18.2. The Morgan fingerprint density at radius 3 is 2.80 bits per heavy atom.